The van der Waals surface area contributed by atoms with E-state index in [9.17, 15) is 9.59 Å². The summed E-state index contributed by atoms with van der Waals surface area (Å²) in [5.74, 6) is -0.224. The van der Waals surface area contributed by atoms with Gasteiger partial charge in [-0.25, -0.2) is 0 Å². The molecule has 0 spiro atoms. The van der Waals surface area contributed by atoms with Crippen LogP contribution in [0.1, 0.15) is 29.9 Å². The van der Waals surface area contributed by atoms with E-state index in [1.54, 1.807) is 0 Å². The molecule has 140 valence electrons. The molecule has 0 radical (unpaired) electrons. The summed E-state index contributed by atoms with van der Waals surface area (Å²) in [5, 5.41) is 6.82. The van der Waals surface area contributed by atoms with Gasteiger partial charge in [-0.3, -0.25) is 9.59 Å². The molecule has 2 N–H and O–H groups in total. The number of para-hydroxylation sites is 1. The van der Waals surface area contributed by atoms with E-state index in [1.807, 2.05) is 74.0 Å². The highest BCUT2D eigenvalue weighted by atomic mass is 79.9. The van der Waals surface area contributed by atoms with Crippen LogP contribution in [0.5, 0.6) is 0 Å². The molecule has 0 fully saturated rings. The maximum Gasteiger partial charge on any atom is 0.269 e. The van der Waals surface area contributed by atoms with E-state index in [1.165, 1.54) is 0 Å². The van der Waals surface area contributed by atoms with Crippen LogP contribution in [-0.4, -0.2) is 16.4 Å². The molecule has 0 saturated heterocycles. The number of carbonyl (C=O) groups is 2. The van der Waals surface area contributed by atoms with E-state index in [0.717, 1.165) is 26.6 Å². The second-order valence-corrected chi connectivity index (χ2v) is 7.56. The van der Waals surface area contributed by atoms with E-state index < -0.39 is 0 Å². The summed E-state index contributed by atoms with van der Waals surface area (Å²) in [4.78, 5) is 24.4. The Labute approximate surface area is 166 Å². The second-order valence-electron chi connectivity index (χ2n) is 6.76. The largest absolute Gasteiger partial charge is 0.347 e. The molecule has 1 heterocycles. The van der Waals surface area contributed by atoms with Crippen molar-refractivity contribution in [1.29, 1.82) is 0 Å². The second kappa shape index (κ2) is 7.96. The van der Waals surface area contributed by atoms with Gasteiger partial charge in [-0.05, 0) is 39.7 Å². The third-order valence-electron chi connectivity index (χ3n) is 4.46. The number of aromatic nitrogens is 1. The SMILES string of the molecule is CC(C)C(=O)Nc1ccc(CNC(=O)c2c(Br)c3ccccc3n2C)cc1. The monoisotopic (exact) mass is 427 g/mol. The van der Waals surface area contributed by atoms with Gasteiger partial charge in [0, 0.05) is 36.1 Å². The maximum absolute atomic E-state index is 12.7. The van der Waals surface area contributed by atoms with E-state index in [-0.39, 0.29) is 17.7 Å². The minimum atomic E-state index is -0.141. The van der Waals surface area contributed by atoms with Gasteiger partial charge >= 0.3 is 0 Å². The molecule has 3 rings (SSSR count). The number of fused-ring (bicyclic) bond motifs is 1. The number of hydrogen-bond acceptors (Lipinski definition) is 2. The Kier molecular flexibility index (Phi) is 5.65. The molecular weight excluding hydrogens is 406 g/mol. The van der Waals surface area contributed by atoms with Crippen molar-refractivity contribution in [2.24, 2.45) is 13.0 Å². The zero-order chi connectivity index (χ0) is 19.6. The number of hydrogen-bond donors (Lipinski definition) is 2. The van der Waals surface area contributed by atoms with Gasteiger partial charge < -0.3 is 15.2 Å². The number of benzene rings is 2. The first-order valence-electron chi connectivity index (χ1n) is 8.79. The van der Waals surface area contributed by atoms with Gasteiger partial charge in [0.05, 0.1) is 4.47 Å². The molecule has 6 heteroatoms. The Bertz CT molecular complexity index is 952. The quantitative estimate of drug-likeness (QED) is 0.630. The molecule has 2 aromatic carbocycles. The number of nitrogens with one attached hydrogen (secondary N) is 2. The highest BCUT2D eigenvalue weighted by Crippen LogP contribution is 2.30. The average molecular weight is 428 g/mol. The van der Waals surface area contributed by atoms with Gasteiger partial charge in [0.15, 0.2) is 0 Å². The minimum absolute atomic E-state index is 0.0170. The summed E-state index contributed by atoms with van der Waals surface area (Å²) in [6.07, 6.45) is 0. The third kappa shape index (κ3) is 4.06. The van der Waals surface area contributed by atoms with Crippen molar-refractivity contribution in [2.75, 3.05) is 5.32 Å². The molecule has 5 nitrogen and oxygen atoms in total. The van der Waals surface area contributed by atoms with Crippen LogP contribution in [0, 0.1) is 5.92 Å². The van der Waals surface area contributed by atoms with Crippen molar-refractivity contribution in [3.05, 3.63) is 64.3 Å². The summed E-state index contributed by atoms with van der Waals surface area (Å²) < 4.78 is 2.68. The number of carbonyl (C=O) groups excluding carboxylic acids is 2. The van der Waals surface area contributed by atoms with Gasteiger partial charge in [-0.1, -0.05) is 44.2 Å². The van der Waals surface area contributed by atoms with Gasteiger partial charge in [0.25, 0.3) is 5.91 Å². The predicted molar refractivity (Wildman–Crippen MR) is 112 cm³/mol. The van der Waals surface area contributed by atoms with E-state index >= 15 is 0 Å². The number of anilines is 1. The van der Waals surface area contributed by atoms with Crippen LogP contribution in [0.15, 0.2) is 53.0 Å². The van der Waals surface area contributed by atoms with Crippen molar-refractivity contribution in [3.8, 4) is 0 Å². The highest BCUT2D eigenvalue weighted by molar-refractivity contribution is 9.10. The number of halogens is 1. The molecule has 0 atom stereocenters. The van der Waals surface area contributed by atoms with E-state index in [0.29, 0.717) is 12.2 Å². The fraction of sp³-hybridized carbons (Fsp3) is 0.238. The highest BCUT2D eigenvalue weighted by Gasteiger charge is 2.18. The Balaban J connectivity index is 1.69. The molecule has 0 unspecified atom stereocenters. The normalized spacial score (nSPS) is 11.0. The number of rotatable bonds is 5. The maximum atomic E-state index is 12.7. The predicted octanol–water partition coefficient (Wildman–Crippen LogP) is 4.47. The lowest BCUT2D eigenvalue weighted by Crippen LogP contribution is -2.25. The third-order valence-corrected chi connectivity index (χ3v) is 5.26. The Hall–Kier alpha value is -2.60. The van der Waals surface area contributed by atoms with Gasteiger partial charge in [0.1, 0.15) is 5.69 Å². The average Bonchev–Trinajstić information content (AvgIpc) is 2.92. The van der Waals surface area contributed by atoms with Crippen molar-refractivity contribution in [3.63, 3.8) is 0 Å². The molecule has 3 aromatic rings. The first-order valence-corrected chi connectivity index (χ1v) is 9.58. The Morgan fingerprint density at radius 3 is 2.37 bits per heavy atom. The van der Waals surface area contributed by atoms with E-state index in [2.05, 4.69) is 26.6 Å². The number of nitrogens with zero attached hydrogens (tertiary/aromatic N) is 1. The molecule has 0 aliphatic carbocycles. The summed E-state index contributed by atoms with van der Waals surface area (Å²) in [6.45, 7) is 4.11. The Morgan fingerprint density at radius 2 is 1.74 bits per heavy atom. The van der Waals surface area contributed by atoms with E-state index in [4.69, 9.17) is 0 Å². The van der Waals surface area contributed by atoms with Crippen LogP contribution >= 0.6 is 15.9 Å². The van der Waals surface area contributed by atoms with Crippen molar-refractivity contribution < 1.29 is 9.59 Å². The number of aryl methyl sites for hydroxylation is 1. The van der Waals surface area contributed by atoms with Crippen LogP contribution in [-0.2, 0) is 18.4 Å². The fourth-order valence-corrected chi connectivity index (χ4v) is 3.64. The van der Waals surface area contributed by atoms with Crippen molar-refractivity contribution >= 4 is 44.3 Å². The van der Waals surface area contributed by atoms with Gasteiger partial charge in [-0.15, -0.1) is 0 Å². The molecule has 1 aromatic heterocycles. The lowest BCUT2D eigenvalue weighted by molar-refractivity contribution is -0.118. The lowest BCUT2D eigenvalue weighted by atomic mass is 10.1. The minimum Gasteiger partial charge on any atom is -0.347 e. The molecule has 2 amide bonds. The van der Waals surface area contributed by atoms with Crippen LogP contribution in [0.2, 0.25) is 0 Å². The standard InChI is InChI=1S/C21H22BrN3O2/c1-13(2)20(26)24-15-10-8-14(9-11-15)12-23-21(27)19-18(22)16-6-4-5-7-17(16)25(19)3/h4-11,13H,12H2,1-3H3,(H,23,27)(H,24,26). The van der Waals surface area contributed by atoms with Crippen molar-refractivity contribution in [2.45, 2.75) is 20.4 Å². The van der Waals surface area contributed by atoms with Crippen LogP contribution in [0.4, 0.5) is 5.69 Å². The topological polar surface area (TPSA) is 63.1 Å². The van der Waals surface area contributed by atoms with Gasteiger partial charge in [-0.2, -0.15) is 0 Å². The molecule has 0 aliphatic rings. The van der Waals surface area contributed by atoms with Crippen LogP contribution in [0.3, 0.4) is 0 Å². The van der Waals surface area contributed by atoms with Crippen LogP contribution in [0.25, 0.3) is 10.9 Å². The molecule has 0 saturated carbocycles. The summed E-state index contributed by atoms with van der Waals surface area (Å²) >= 11 is 3.55. The van der Waals surface area contributed by atoms with Crippen molar-refractivity contribution in [1.82, 2.24) is 9.88 Å². The summed E-state index contributed by atoms with van der Waals surface area (Å²) in [6, 6.07) is 15.4. The molecule has 0 aliphatic heterocycles. The van der Waals surface area contributed by atoms with Crippen LogP contribution < -0.4 is 10.6 Å². The zero-order valence-electron chi connectivity index (χ0n) is 15.5. The first-order chi connectivity index (χ1) is 12.9. The first kappa shape index (κ1) is 19.2. The van der Waals surface area contributed by atoms with Gasteiger partial charge in [0.2, 0.25) is 5.91 Å². The smallest absolute Gasteiger partial charge is 0.269 e. The zero-order valence-corrected chi connectivity index (χ0v) is 17.1. The lowest BCUT2D eigenvalue weighted by Gasteiger charge is -2.10. The summed E-state index contributed by atoms with van der Waals surface area (Å²) in [5.41, 5.74) is 3.30. The Morgan fingerprint density at radius 1 is 1.07 bits per heavy atom. The fourth-order valence-electron chi connectivity index (χ4n) is 2.86. The molecule has 0 bridgehead atoms. The number of amides is 2. The molecule has 27 heavy (non-hydrogen) atoms. The summed E-state index contributed by atoms with van der Waals surface area (Å²) in [7, 11) is 1.88. The molecular formula is C21H22BrN3O2.